The molecule has 1 fully saturated rings. The van der Waals surface area contributed by atoms with E-state index >= 15 is 0 Å². The molecule has 1 aliphatic carbocycles. The predicted octanol–water partition coefficient (Wildman–Crippen LogP) is 2.95. The maximum absolute atomic E-state index is 12.9. The van der Waals surface area contributed by atoms with Crippen LogP contribution in [0.4, 0.5) is 0 Å². The van der Waals surface area contributed by atoms with E-state index in [2.05, 4.69) is 22.4 Å². The molecular formula is C21H23N3O2. The summed E-state index contributed by atoms with van der Waals surface area (Å²) < 4.78 is 0. The SMILES string of the molecule is O=C(NC1CCCC1)c1cc(C(=O)N2CCc3ccccc3C2)ccn1. The van der Waals surface area contributed by atoms with Crippen molar-refractivity contribution in [3.05, 3.63) is 65.0 Å². The first kappa shape index (κ1) is 16.8. The molecule has 2 aliphatic rings. The van der Waals surface area contributed by atoms with Crippen molar-refractivity contribution in [2.45, 2.75) is 44.7 Å². The molecule has 26 heavy (non-hydrogen) atoms. The highest BCUT2D eigenvalue weighted by Crippen LogP contribution is 2.21. The van der Waals surface area contributed by atoms with E-state index in [1.54, 1.807) is 18.3 Å². The monoisotopic (exact) mass is 349 g/mol. The standard InChI is InChI=1S/C21H23N3O2/c25-20(23-18-7-3-4-8-18)19-13-16(9-11-22-19)21(26)24-12-10-15-5-1-2-6-17(15)14-24/h1-2,5-6,9,11,13,18H,3-4,7-8,10,12,14H2,(H,23,25). The lowest BCUT2D eigenvalue weighted by Crippen LogP contribution is -2.36. The second kappa shape index (κ2) is 7.28. The molecule has 1 aromatic heterocycles. The fourth-order valence-corrected chi connectivity index (χ4v) is 3.87. The maximum Gasteiger partial charge on any atom is 0.270 e. The van der Waals surface area contributed by atoms with Gasteiger partial charge in [-0.3, -0.25) is 14.6 Å². The number of hydrogen-bond acceptors (Lipinski definition) is 3. The number of benzene rings is 1. The molecule has 2 heterocycles. The first-order valence-electron chi connectivity index (χ1n) is 9.34. The van der Waals surface area contributed by atoms with Crippen LogP contribution in [0.2, 0.25) is 0 Å². The van der Waals surface area contributed by atoms with Gasteiger partial charge in [-0.1, -0.05) is 37.1 Å². The second-order valence-electron chi connectivity index (χ2n) is 7.13. The number of carbonyl (C=O) groups is 2. The third kappa shape index (κ3) is 3.47. The van der Waals surface area contributed by atoms with E-state index in [-0.39, 0.29) is 17.9 Å². The quantitative estimate of drug-likeness (QED) is 0.927. The van der Waals surface area contributed by atoms with Crippen molar-refractivity contribution in [3.63, 3.8) is 0 Å². The molecule has 0 saturated heterocycles. The molecule has 1 saturated carbocycles. The van der Waals surface area contributed by atoms with Gasteiger partial charge in [0.15, 0.2) is 0 Å². The number of carbonyl (C=O) groups excluding carboxylic acids is 2. The van der Waals surface area contributed by atoms with Gasteiger partial charge in [-0.2, -0.15) is 0 Å². The van der Waals surface area contributed by atoms with Crippen molar-refractivity contribution < 1.29 is 9.59 Å². The van der Waals surface area contributed by atoms with Gasteiger partial charge in [0.2, 0.25) is 0 Å². The normalized spacial score (nSPS) is 17.0. The van der Waals surface area contributed by atoms with Crippen molar-refractivity contribution in [1.29, 1.82) is 0 Å². The van der Waals surface area contributed by atoms with Gasteiger partial charge in [-0.25, -0.2) is 0 Å². The summed E-state index contributed by atoms with van der Waals surface area (Å²) in [7, 11) is 0. The van der Waals surface area contributed by atoms with Gasteiger partial charge < -0.3 is 10.2 Å². The smallest absolute Gasteiger partial charge is 0.270 e. The molecule has 0 spiro atoms. The van der Waals surface area contributed by atoms with Crippen LogP contribution in [0.25, 0.3) is 0 Å². The zero-order valence-electron chi connectivity index (χ0n) is 14.8. The van der Waals surface area contributed by atoms with Crippen molar-refractivity contribution in [2.75, 3.05) is 6.54 Å². The van der Waals surface area contributed by atoms with Gasteiger partial charge in [-0.05, 0) is 42.5 Å². The number of fused-ring (bicyclic) bond motifs is 1. The molecule has 5 heteroatoms. The number of hydrogen-bond donors (Lipinski definition) is 1. The van der Waals surface area contributed by atoms with Crippen LogP contribution in [0.3, 0.4) is 0 Å². The van der Waals surface area contributed by atoms with E-state index in [4.69, 9.17) is 0 Å². The molecule has 1 N–H and O–H groups in total. The lowest BCUT2D eigenvalue weighted by Gasteiger charge is -2.29. The third-order valence-electron chi connectivity index (χ3n) is 5.35. The van der Waals surface area contributed by atoms with Crippen molar-refractivity contribution in [1.82, 2.24) is 15.2 Å². The largest absolute Gasteiger partial charge is 0.348 e. The van der Waals surface area contributed by atoms with Gasteiger partial charge in [0.1, 0.15) is 5.69 Å². The second-order valence-corrected chi connectivity index (χ2v) is 7.13. The summed E-state index contributed by atoms with van der Waals surface area (Å²) in [6.07, 6.45) is 6.78. The lowest BCUT2D eigenvalue weighted by molar-refractivity contribution is 0.0734. The fourth-order valence-electron chi connectivity index (χ4n) is 3.87. The zero-order valence-corrected chi connectivity index (χ0v) is 14.8. The Balaban J connectivity index is 1.47. The van der Waals surface area contributed by atoms with Crippen LogP contribution in [0.1, 0.15) is 57.7 Å². The van der Waals surface area contributed by atoms with Crippen molar-refractivity contribution in [3.8, 4) is 0 Å². The summed E-state index contributed by atoms with van der Waals surface area (Å²) in [6.45, 7) is 1.31. The Morgan fingerprint density at radius 2 is 1.85 bits per heavy atom. The fraction of sp³-hybridized carbons (Fsp3) is 0.381. The van der Waals surface area contributed by atoms with Gasteiger partial charge >= 0.3 is 0 Å². The van der Waals surface area contributed by atoms with Gasteiger partial charge in [0, 0.05) is 30.9 Å². The molecule has 1 aliphatic heterocycles. The summed E-state index contributed by atoms with van der Waals surface area (Å²) in [4.78, 5) is 31.3. The van der Waals surface area contributed by atoms with E-state index in [0.717, 1.165) is 32.1 Å². The number of pyridine rings is 1. The molecular weight excluding hydrogens is 326 g/mol. The number of nitrogens with one attached hydrogen (secondary N) is 1. The third-order valence-corrected chi connectivity index (χ3v) is 5.35. The highest BCUT2D eigenvalue weighted by Gasteiger charge is 2.23. The van der Waals surface area contributed by atoms with Crippen LogP contribution in [0.15, 0.2) is 42.6 Å². The van der Waals surface area contributed by atoms with Crippen LogP contribution in [0.5, 0.6) is 0 Å². The van der Waals surface area contributed by atoms with Crippen LogP contribution in [0, 0.1) is 0 Å². The van der Waals surface area contributed by atoms with Gasteiger partial charge in [-0.15, -0.1) is 0 Å². The summed E-state index contributed by atoms with van der Waals surface area (Å²) in [5, 5.41) is 3.03. The maximum atomic E-state index is 12.9. The number of aromatic nitrogens is 1. The Morgan fingerprint density at radius 3 is 2.65 bits per heavy atom. The summed E-state index contributed by atoms with van der Waals surface area (Å²) in [5.41, 5.74) is 3.35. The Morgan fingerprint density at radius 1 is 1.08 bits per heavy atom. The number of rotatable bonds is 3. The van der Waals surface area contributed by atoms with E-state index in [0.29, 0.717) is 24.3 Å². The average Bonchev–Trinajstić information content (AvgIpc) is 3.20. The Labute approximate surface area is 153 Å². The lowest BCUT2D eigenvalue weighted by atomic mass is 9.99. The molecule has 134 valence electrons. The molecule has 0 atom stereocenters. The minimum absolute atomic E-state index is 0.0446. The van der Waals surface area contributed by atoms with Crippen molar-refractivity contribution in [2.24, 2.45) is 0 Å². The Hall–Kier alpha value is -2.69. The Bertz CT molecular complexity index is 828. The zero-order chi connectivity index (χ0) is 17.9. The average molecular weight is 349 g/mol. The molecule has 1 aromatic carbocycles. The molecule has 0 bridgehead atoms. The minimum atomic E-state index is -0.185. The van der Waals surface area contributed by atoms with E-state index in [1.807, 2.05) is 17.0 Å². The highest BCUT2D eigenvalue weighted by atomic mass is 16.2. The molecule has 5 nitrogen and oxygen atoms in total. The van der Waals surface area contributed by atoms with E-state index in [9.17, 15) is 9.59 Å². The summed E-state index contributed by atoms with van der Waals surface area (Å²) in [6, 6.07) is 11.8. The highest BCUT2D eigenvalue weighted by molar-refractivity contribution is 5.98. The molecule has 2 aromatic rings. The van der Waals surface area contributed by atoms with Crippen LogP contribution >= 0.6 is 0 Å². The number of nitrogens with zero attached hydrogens (tertiary/aromatic N) is 2. The Kier molecular flexibility index (Phi) is 4.69. The molecule has 0 unspecified atom stereocenters. The molecule has 4 rings (SSSR count). The minimum Gasteiger partial charge on any atom is -0.348 e. The molecule has 0 radical (unpaired) electrons. The van der Waals surface area contributed by atoms with Gasteiger partial charge in [0.05, 0.1) is 0 Å². The van der Waals surface area contributed by atoms with E-state index in [1.165, 1.54) is 11.1 Å². The summed E-state index contributed by atoms with van der Waals surface area (Å²) in [5.74, 6) is -0.229. The van der Waals surface area contributed by atoms with Gasteiger partial charge in [0.25, 0.3) is 11.8 Å². The first-order valence-corrected chi connectivity index (χ1v) is 9.34. The molecule has 2 amide bonds. The van der Waals surface area contributed by atoms with Crippen LogP contribution in [-0.2, 0) is 13.0 Å². The van der Waals surface area contributed by atoms with Crippen molar-refractivity contribution >= 4 is 11.8 Å². The topological polar surface area (TPSA) is 62.3 Å². The van der Waals surface area contributed by atoms with Crippen LogP contribution in [-0.4, -0.2) is 34.3 Å². The van der Waals surface area contributed by atoms with Crippen LogP contribution < -0.4 is 5.32 Å². The number of amides is 2. The first-order chi connectivity index (χ1) is 12.7. The summed E-state index contributed by atoms with van der Waals surface area (Å²) >= 11 is 0. The predicted molar refractivity (Wildman–Crippen MR) is 98.8 cm³/mol. The van der Waals surface area contributed by atoms with E-state index < -0.39 is 0 Å².